The fourth-order valence-corrected chi connectivity index (χ4v) is 2.91. The molecule has 0 atom stereocenters. The first-order chi connectivity index (χ1) is 13.0. The van der Waals surface area contributed by atoms with Crippen LogP contribution in [0.15, 0.2) is 51.7 Å². The van der Waals surface area contributed by atoms with Crippen molar-refractivity contribution in [1.82, 2.24) is 0 Å². The molecule has 0 fully saturated rings. The van der Waals surface area contributed by atoms with Gasteiger partial charge < -0.3 is 13.9 Å². The van der Waals surface area contributed by atoms with Crippen molar-refractivity contribution in [1.29, 1.82) is 0 Å². The Labute approximate surface area is 157 Å². The highest BCUT2D eigenvalue weighted by atomic mass is 16.5. The second-order valence-corrected chi connectivity index (χ2v) is 6.48. The highest BCUT2D eigenvalue weighted by molar-refractivity contribution is 5.84. The quantitative estimate of drug-likeness (QED) is 0.485. The monoisotopic (exact) mass is 366 g/mol. The Bertz CT molecular complexity index is 1020. The van der Waals surface area contributed by atoms with Crippen LogP contribution in [0.5, 0.6) is 5.75 Å². The van der Waals surface area contributed by atoms with E-state index in [9.17, 15) is 9.59 Å². The van der Waals surface area contributed by atoms with E-state index in [0.29, 0.717) is 17.6 Å². The fraction of sp³-hybridized carbons (Fsp3) is 0.273. The predicted molar refractivity (Wildman–Crippen MR) is 103 cm³/mol. The fourth-order valence-electron chi connectivity index (χ4n) is 2.91. The molecule has 0 aliphatic carbocycles. The van der Waals surface area contributed by atoms with E-state index in [4.69, 9.17) is 13.9 Å². The number of rotatable bonds is 6. The molecule has 0 saturated heterocycles. The molecule has 0 bridgehead atoms. The second-order valence-electron chi connectivity index (χ2n) is 6.48. The Morgan fingerprint density at radius 2 is 1.81 bits per heavy atom. The van der Waals surface area contributed by atoms with E-state index < -0.39 is 5.63 Å². The summed E-state index contributed by atoms with van der Waals surface area (Å²) in [5, 5.41) is 0.792. The van der Waals surface area contributed by atoms with E-state index >= 15 is 0 Å². The first kappa shape index (κ1) is 18.7. The Morgan fingerprint density at radius 3 is 2.52 bits per heavy atom. The van der Waals surface area contributed by atoms with Gasteiger partial charge in [0.15, 0.2) is 0 Å². The topological polar surface area (TPSA) is 65.7 Å². The molecule has 2 aromatic carbocycles. The SMILES string of the molecule is COc1ccc(CCC(=O)OCc2cc(=O)oc3c(C)c(C)ccc23)cc1. The Morgan fingerprint density at radius 1 is 1.07 bits per heavy atom. The van der Waals surface area contributed by atoms with Crippen LogP contribution in [-0.4, -0.2) is 13.1 Å². The van der Waals surface area contributed by atoms with Gasteiger partial charge in [0.1, 0.15) is 17.9 Å². The van der Waals surface area contributed by atoms with Gasteiger partial charge in [-0.2, -0.15) is 0 Å². The third-order valence-electron chi connectivity index (χ3n) is 4.68. The van der Waals surface area contributed by atoms with Crippen molar-refractivity contribution in [3.63, 3.8) is 0 Å². The molecule has 0 amide bonds. The predicted octanol–water partition coefficient (Wildman–Crippen LogP) is 4.09. The zero-order valence-corrected chi connectivity index (χ0v) is 15.7. The van der Waals surface area contributed by atoms with E-state index in [1.165, 1.54) is 6.07 Å². The molecule has 0 spiro atoms. The number of benzene rings is 2. The summed E-state index contributed by atoms with van der Waals surface area (Å²) < 4.78 is 15.8. The van der Waals surface area contributed by atoms with Crippen LogP contribution in [-0.2, 0) is 22.6 Å². The van der Waals surface area contributed by atoms with Gasteiger partial charge >= 0.3 is 11.6 Å². The standard InChI is InChI=1S/C22H22O5/c1-14-4-10-19-17(12-21(24)27-22(19)15(14)2)13-26-20(23)11-7-16-5-8-18(25-3)9-6-16/h4-6,8-10,12H,7,11,13H2,1-3H3. The van der Waals surface area contributed by atoms with Crippen LogP contribution in [0.1, 0.15) is 28.7 Å². The number of hydrogen-bond donors (Lipinski definition) is 0. The van der Waals surface area contributed by atoms with Crippen LogP contribution in [0.3, 0.4) is 0 Å². The number of hydrogen-bond acceptors (Lipinski definition) is 5. The summed E-state index contributed by atoms with van der Waals surface area (Å²) in [5.41, 5.74) is 3.75. The van der Waals surface area contributed by atoms with Crippen LogP contribution in [0.2, 0.25) is 0 Å². The maximum atomic E-state index is 12.1. The summed E-state index contributed by atoms with van der Waals surface area (Å²) in [6.07, 6.45) is 0.850. The van der Waals surface area contributed by atoms with Crippen molar-refractivity contribution in [2.75, 3.05) is 7.11 Å². The number of esters is 1. The first-order valence-electron chi connectivity index (χ1n) is 8.79. The molecule has 3 rings (SSSR count). The van der Waals surface area contributed by atoms with Crippen LogP contribution in [0, 0.1) is 13.8 Å². The Kier molecular flexibility index (Phi) is 5.60. The van der Waals surface area contributed by atoms with Crippen LogP contribution >= 0.6 is 0 Å². The van der Waals surface area contributed by atoms with Gasteiger partial charge in [0.05, 0.1) is 7.11 Å². The second kappa shape index (κ2) is 8.08. The van der Waals surface area contributed by atoms with Gasteiger partial charge in [-0.1, -0.05) is 24.3 Å². The van der Waals surface area contributed by atoms with Gasteiger partial charge in [0.2, 0.25) is 0 Å². The average Bonchev–Trinajstić information content (AvgIpc) is 2.68. The molecule has 0 N–H and O–H groups in total. The number of carbonyl (C=O) groups excluding carboxylic acids is 1. The molecule has 5 heteroatoms. The molecule has 1 heterocycles. The van der Waals surface area contributed by atoms with Gasteiger partial charge in [0.25, 0.3) is 0 Å². The first-order valence-corrected chi connectivity index (χ1v) is 8.79. The minimum absolute atomic E-state index is 0.0477. The van der Waals surface area contributed by atoms with Crippen LogP contribution in [0.4, 0.5) is 0 Å². The zero-order chi connectivity index (χ0) is 19.4. The summed E-state index contributed by atoms with van der Waals surface area (Å²) in [5.74, 6) is 0.470. The van der Waals surface area contributed by atoms with Crippen molar-refractivity contribution in [2.45, 2.75) is 33.3 Å². The van der Waals surface area contributed by atoms with Crippen molar-refractivity contribution in [2.24, 2.45) is 0 Å². The number of methoxy groups -OCH3 is 1. The van der Waals surface area contributed by atoms with Crippen LogP contribution in [0.25, 0.3) is 11.0 Å². The minimum Gasteiger partial charge on any atom is -0.497 e. The van der Waals surface area contributed by atoms with Crippen LogP contribution < -0.4 is 10.4 Å². The number of fused-ring (bicyclic) bond motifs is 1. The van der Waals surface area contributed by atoms with E-state index in [-0.39, 0.29) is 19.0 Å². The third kappa shape index (κ3) is 4.37. The molecule has 0 aliphatic rings. The van der Waals surface area contributed by atoms with Gasteiger partial charge in [-0.3, -0.25) is 4.79 Å². The van der Waals surface area contributed by atoms with E-state index in [1.54, 1.807) is 7.11 Å². The van der Waals surface area contributed by atoms with E-state index in [2.05, 4.69) is 0 Å². The minimum atomic E-state index is -0.444. The maximum Gasteiger partial charge on any atom is 0.336 e. The molecular formula is C22H22O5. The van der Waals surface area contributed by atoms with E-state index in [1.807, 2.05) is 50.2 Å². The molecule has 0 radical (unpaired) electrons. The summed E-state index contributed by atoms with van der Waals surface area (Å²) in [6.45, 7) is 3.91. The van der Waals surface area contributed by atoms with Gasteiger partial charge in [-0.05, 0) is 49.1 Å². The van der Waals surface area contributed by atoms with Gasteiger partial charge in [-0.15, -0.1) is 0 Å². The highest BCUT2D eigenvalue weighted by Crippen LogP contribution is 2.23. The summed E-state index contributed by atoms with van der Waals surface area (Å²) in [4.78, 5) is 24.0. The lowest BCUT2D eigenvalue weighted by molar-refractivity contribution is -0.144. The average molecular weight is 366 g/mol. The molecular weight excluding hydrogens is 344 g/mol. The molecule has 0 saturated carbocycles. The lowest BCUT2D eigenvalue weighted by Crippen LogP contribution is -2.09. The summed E-state index contributed by atoms with van der Waals surface area (Å²) in [7, 11) is 1.61. The molecule has 0 unspecified atom stereocenters. The molecule has 5 nitrogen and oxygen atoms in total. The molecule has 3 aromatic rings. The number of carbonyl (C=O) groups is 1. The van der Waals surface area contributed by atoms with Gasteiger partial charge in [-0.25, -0.2) is 4.79 Å². The van der Waals surface area contributed by atoms with Crippen molar-refractivity contribution in [3.8, 4) is 5.75 Å². The lowest BCUT2D eigenvalue weighted by Gasteiger charge is -2.10. The molecule has 27 heavy (non-hydrogen) atoms. The lowest BCUT2D eigenvalue weighted by atomic mass is 10.0. The van der Waals surface area contributed by atoms with Gasteiger partial charge in [0, 0.05) is 23.4 Å². The van der Waals surface area contributed by atoms with Crippen molar-refractivity contribution < 1.29 is 18.7 Å². The highest BCUT2D eigenvalue weighted by Gasteiger charge is 2.12. The molecule has 140 valence electrons. The smallest absolute Gasteiger partial charge is 0.336 e. The van der Waals surface area contributed by atoms with Crippen molar-refractivity contribution in [3.05, 3.63) is 75.1 Å². The Balaban J connectivity index is 1.66. The third-order valence-corrected chi connectivity index (χ3v) is 4.68. The Hall–Kier alpha value is -3.08. The number of aryl methyl sites for hydroxylation is 3. The molecule has 1 aromatic heterocycles. The zero-order valence-electron chi connectivity index (χ0n) is 15.7. The maximum absolute atomic E-state index is 12.1. The van der Waals surface area contributed by atoms with E-state index in [0.717, 1.165) is 27.8 Å². The summed E-state index contributed by atoms with van der Waals surface area (Å²) >= 11 is 0. The normalized spacial score (nSPS) is 10.8. The largest absolute Gasteiger partial charge is 0.497 e. The number of ether oxygens (including phenoxy) is 2. The van der Waals surface area contributed by atoms with Crippen molar-refractivity contribution >= 4 is 16.9 Å². The molecule has 0 aliphatic heterocycles. The summed E-state index contributed by atoms with van der Waals surface area (Å²) in [6, 6.07) is 12.8.